The second-order valence-electron chi connectivity index (χ2n) is 6.42. The van der Waals surface area contributed by atoms with E-state index >= 15 is 0 Å². The Balaban J connectivity index is 1.62. The molecule has 140 valence electrons. The molecule has 0 aliphatic carbocycles. The fourth-order valence-corrected chi connectivity index (χ4v) is 2.98. The highest BCUT2D eigenvalue weighted by atomic mass is 16.5. The first-order valence-electron chi connectivity index (χ1n) is 8.91. The number of ether oxygens (including phenoxy) is 1. The Morgan fingerprint density at radius 2 is 1.93 bits per heavy atom. The van der Waals surface area contributed by atoms with Crippen LogP contribution in [0.2, 0.25) is 0 Å². The zero-order valence-electron chi connectivity index (χ0n) is 15.9. The molecule has 0 unspecified atom stereocenters. The maximum absolute atomic E-state index is 12.6. The summed E-state index contributed by atoms with van der Waals surface area (Å²) in [7, 11) is 5.43. The van der Waals surface area contributed by atoms with Crippen molar-refractivity contribution in [1.82, 2.24) is 19.4 Å². The van der Waals surface area contributed by atoms with E-state index in [1.165, 1.54) is 0 Å². The van der Waals surface area contributed by atoms with Crippen LogP contribution in [-0.4, -0.2) is 46.0 Å². The molecule has 0 bridgehead atoms. The average molecular weight is 364 g/mol. The number of methoxy groups -OCH3 is 1. The molecule has 0 fully saturated rings. The summed E-state index contributed by atoms with van der Waals surface area (Å²) in [6.07, 6.45) is 7.17. The molecule has 0 saturated heterocycles. The van der Waals surface area contributed by atoms with E-state index in [0.29, 0.717) is 17.9 Å². The van der Waals surface area contributed by atoms with Crippen molar-refractivity contribution in [2.45, 2.75) is 12.8 Å². The van der Waals surface area contributed by atoms with Crippen molar-refractivity contribution in [3.05, 3.63) is 66.4 Å². The molecule has 0 saturated carbocycles. The third-order valence-corrected chi connectivity index (χ3v) is 4.56. The van der Waals surface area contributed by atoms with Crippen LogP contribution in [0.3, 0.4) is 0 Å². The van der Waals surface area contributed by atoms with E-state index in [-0.39, 0.29) is 5.91 Å². The maximum Gasteiger partial charge on any atom is 0.253 e. The van der Waals surface area contributed by atoms with Crippen molar-refractivity contribution in [2.75, 3.05) is 20.7 Å². The largest absolute Gasteiger partial charge is 0.494 e. The number of rotatable bonds is 7. The summed E-state index contributed by atoms with van der Waals surface area (Å²) in [5.41, 5.74) is 2.34. The van der Waals surface area contributed by atoms with Crippen molar-refractivity contribution < 1.29 is 9.53 Å². The molecule has 1 amide bonds. The molecule has 0 aliphatic rings. The van der Waals surface area contributed by atoms with Gasteiger partial charge in [-0.05, 0) is 30.7 Å². The smallest absolute Gasteiger partial charge is 0.253 e. The molecule has 3 aromatic rings. The Labute approximate surface area is 159 Å². The van der Waals surface area contributed by atoms with Crippen molar-refractivity contribution in [3.8, 4) is 17.0 Å². The maximum atomic E-state index is 12.6. The molecule has 27 heavy (non-hydrogen) atoms. The predicted octanol–water partition coefficient (Wildman–Crippen LogP) is 3.20. The number of imidazole rings is 1. The van der Waals surface area contributed by atoms with Gasteiger partial charge in [-0.3, -0.25) is 9.78 Å². The summed E-state index contributed by atoms with van der Waals surface area (Å²) in [6.45, 7) is 0.682. The first-order valence-corrected chi connectivity index (χ1v) is 8.91. The lowest BCUT2D eigenvalue weighted by atomic mass is 10.1. The lowest BCUT2D eigenvalue weighted by molar-refractivity contribution is 0.0793. The van der Waals surface area contributed by atoms with Gasteiger partial charge < -0.3 is 14.2 Å². The summed E-state index contributed by atoms with van der Waals surface area (Å²) in [4.78, 5) is 23.1. The molecule has 2 aromatic heterocycles. The SMILES string of the molecule is COc1cccnc1-c1ccc(C(=O)N(C)CCCc2nccn2C)cc1. The van der Waals surface area contributed by atoms with Gasteiger partial charge >= 0.3 is 0 Å². The van der Waals surface area contributed by atoms with Gasteiger partial charge in [-0.1, -0.05) is 12.1 Å². The monoisotopic (exact) mass is 364 g/mol. The quantitative estimate of drug-likeness (QED) is 0.646. The van der Waals surface area contributed by atoms with E-state index in [0.717, 1.165) is 29.9 Å². The Morgan fingerprint density at radius 3 is 2.59 bits per heavy atom. The van der Waals surface area contributed by atoms with Crippen LogP contribution in [-0.2, 0) is 13.5 Å². The van der Waals surface area contributed by atoms with Crippen molar-refractivity contribution in [3.63, 3.8) is 0 Å². The Kier molecular flexibility index (Phi) is 5.86. The fraction of sp³-hybridized carbons (Fsp3) is 0.286. The van der Waals surface area contributed by atoms with Gasteiger partial charge in [0.1, 0.15) is 17.3 Å². The molecule has 2 heterocycles. The van der Waals surface area contributed by atoms with Crippen LogP contribution in [0, 0.1) is 0 Å². The number of benzene rings is 1. The second kappa shape index (κ2) is 8.49. The van der Waals surface area contributed by atoms with Crippen LogP contribution in [0.25, 0.3) is 11.3 Å². The third kappa shape index (κ3) is 4.34. The van der Waals surface area contributed by atoms with E-state index in [2.05, 4.69) is 9.97 Å². The number of hydrogen-bond acceptors (Lipinski definition) is 4. The summed E-state index contributed by atoms with van der Waals surface area (Å²) in [5, 5.41) is 0. The number of aryl methyl sites for hydroxylation is 2. The normalized spacial score (nSPS) is 10.6. The zero-order valence-corrected chi connectivity index (χ0v) is 15.9. The van der Waals surface area contributed by atoms with Crippen molar-refractivity contribution in [1.29, 1.82) is 0 Å². The highest BCUT2D eigenvalue weighted by Gasteiger charge is 2.13. The minimum atomic E-state index is 0.00868. The van der Waals surface area contributed by atoms with Gasteiger partial charge in [0, 0.05) is 56.8 Å². The summed E-state index contributed by atoms with van der Waals surface area (Å²) in [6, 6.07) is 11.2. The number of nitrogens with zero attached hydrogens (tertiary/aromatic N) is 4. The zero-order chi connectivity index (χ0) is 19.2. The third-order valence-electron chi connectivity index (χ3n) is 4.56. The minimum Gasteiger partial charge on any atom is -0.494 e. The van der Waals surface area contributed by atoms with Crippen LogP contribution in [0.4, 0.5) is 0 Å². The number of pyridine rings is 1. The van der Waals surface area contributed by atoms with E-state index in [1.54, 1.807) is 24.4 Å². The first kappa shape index (κ1) is 18.6. The standard InChI is InChI=1S/C21H24N4O2/c1-24-15-13-22-19(24)7-5-14-25(2)21(26)17-10-8-16(9-11-17)20-18(27-3)6-4-12-23-20/h4,6,8-13,15H,5,7,14H2,1-3H3. The van der Waals surface area contributed by atoms with Crippen LogP contribution in [0.1, 0.15) is 22.6 Å². The number of amides is 1. The lowest BCUT2D eigenvalue weighted by Crippen LogP contribution is -2.28. The molecular formula is C21H24N4O2. The number of aromatic nitrogens is 3. The second-order valence-corrected chi connectivity index (χ2v) is 6.42. The molecular weight excluding hydrogens is 340 g/mol. The summed E-state index contributed by atoms with van der Waals surface area (Å²) >= 11 is 0. The molecule has 0 aliphatic heterocycles. The van der Waals surface area contributed by atoms with Gasteiger partial charge in [-0.2, -0.15) is 0 Å². The van der Waals surface area contributed by atoms with Crippen LogP contribution < -0.4 is 4.74 Å². The first-order chi connectivity index (χ1) is 13.1. The highest BCUT2D eigenvalue weighted by Crippen LogP contribution is 2.27. The van der Waals surface area contributed by atoms with Crippen molar-refractivity contribution in [2.24, 2.45) is 7.05 Å². The Morgan fingerprint density at radius 1 is 1.15 bits per heavy atom. The van der Waals surface area contributed by atoms with E-state index in [4.69, 9.17) is 4.74 Å². The summed E-state index contributed by atoms with van der Waals surface area (Å²) in [5.74, 6) is 1.75. The molecule has 0 radical (unpaired) electrons. The molecule has 0 atom stereocenters. The van der Waals surface area contributed by atoms with Crippen molar-refractivity contribution >= 4 is 5.91 Å². The Bertz CT molecular complexity index is 903. The molecule has 6 heteroatoms. The molecule has 0 spiro atoms. The van der Waals surface area contributed by atoms with E-state index in [1.807, 2.05) is 61.3 Å². The highest BCUT2D eigenvalue weighted by molar-refractivity contribution is 5.94. The minimum absolute atomic E-state index is 0.00868. The predicted molar refractivity (Wildman–Crippen MR) is 105 cm³/mol. The lowest BCUT2D eigenvalue weighted by Gasteiger charge is -2.17. The van der Waals surface area contributed by atoms with E-state index in [9.17, 15) is 4.79 Å². The van der Waals surface area contributed by atoms with E-state index < -0.39 is 0 Å². The van der Waals surface area contributed by atoms with Crippen LogP contribution in [0.5, 0.6) is 5.75 Å². The number of carbonyl (C=O) groups excluding carboxylic acids is 1. The van der Waals surface area contributed by atoms with Gasteiger partial charge in [0.05, 0.1) is 7.11 Å². The molecule has 3 rings (SSSR count). The Hall–Kier alpha value is -3.15. The summed E-state index contributed by atoms with van der Waals surface area (Å²) < 4.78 is 7.36. The molecule has 6 nitrogen and oxygen atoms in total. The van der Waals surface area contributed by atoms with Gasteiger partial charge in [-0.15, -0.1) is 0 Å². The molecule has 1 aromatic carbocycles. The number of carbonyl (C=O) groups is 1. The van der Waals surface area contributed by atoms with Crippen LogP contribution in [0.15, 0.2) is 55.0 Å². The topological polar surface area (TPSA) is 60.2 Å². The van der Waals surface area contributed by atoms with Crippen LogP contribution >= 0.6 is 0 Å². The van der Waals surface area contributed by atoms with Gasteiger partial charge in [0.15, 0.2) is 0 Å². The fourth-order valence-electron chi connectivity index (χ4n) is 2.98. The molecule has 0 N–H and O–H groups in total. The van der Waals surface area contributed by atoms with Gasteiger partial charge in [-0.25, -0.2) is 4.98 Å². The number of hydrogen-bond donors (Lipinski definition) is 0. The van der Waals surface area contributed by atoms with Gasteiger partial charge in [0.2, 0.25) is 0 Å². The van der Waals surface area contributed by atoms with Gasteiger partial charge in [0.25, 0.3) is 5.91 Å². The average Bonchev–Trinajstić information content (AvgIpc) is 3.12.